The Morgan fingerprint density at radius 2 is 2.17 bits per heavy atom. The minimum absolute atomic E-state index is 0.0511. The third-order valence-corrected chi connectivity index (χ3v) is 4.16. The number of fused-ring (bicyclic) bond motifs is 1. The van der Waals surface area contributed by atoms with Crippen LogP contribution < -0.4 is 4.90 Å². The van der Waals surface area contributed by atoms with E-state index >= 15 is 0 Å². The first-order valence-corrected chi connectivity index (χ1v) is 7.30. The van der Waals surface area contributed by atoms with Crippen molar-refractivity contribution in [1.82, 2.24) is 0 Å². The van der Waals surface area contributed by atoms with E-state index in [0.29, 0.717) is 6.54 Å². The number of benzene rings is 1. The van der Waals surface area contributed by atoms with Crippen LogP contribution in [0.15, 0.2) is 27.6 Å². The van der Waals surface area contributed by atoms with Gasteiger partial charge in [-0.05, 0) is 18.2 Å². The molecule has 0 bridgehead atoms. The summed E-state index contributed by atoms with van der Waals surface area (Å²) in [6.07, 6.45) is -0.0656. The van der Waals surface area contributed by atoms with Crippen LogP contribution in [0.3, 0.4) is 0 Å². The van der Waals surface area contributed by atoms with E-state index in [2.05, 4.69) is 15.9 Å². The molecule has 4 nitrogen and oxygen atoms in total. The van der Waals surface area contributed by atoms with Gasteiger partial charge >= 0.3 is 5.97 Å². The minimum atomic E-state index is -0.939. The van der Waals surface area contributed by atoms with Gasteiger partial charge in [0.05, 0.1) is 12.1 Å². The number of carbonyl (C=O) groups is 2. The van der Waals surface area contributed by atoms with Crippen molar-refractivity contribution in [3.63, 3.8) is 0 Å². The van der Waals surface area contributed by atoms with Gasteiger partial charge in [0, 0.05) is 28.1 Å². The topological polar surface area (TPSA) is 57.6 Å². The first-order chi connectivity index (χ1) is 8.58. The number of amides is 1. The molecule has 0 radical (unpaired) electrons. The van der Waals surface area contributed by atoms with Gasteiger partial charge in [0.25, 0.3) is 0 Å². The SMILES string of the molecule is O=C(O)CCC(=O)N1CCSc2cc(Br)ccc21. The van der Waals surface area contributed by atoms with Gasteiger partial charge in [-0.15, -0.1) is 11.8 Å². The highest BCUT2D eigenvalue weighted by molar-refractivity contribution is 9.10. The summed E-state index contributed by atoms with van der Waals surface area (Å²) in [5.74, 6) is -0.227. The number of carboxylic acids is 1. The summed E-state index contributed by atoms with van der Waals surface area (Å²) in [5, 5.41) is 8.61. The molecule has 0 aromatic heterocycles. The van der Waals surface area contributed by atoms with Gasteiger partial charge in [0.2, 0.25) is 5.91 Å². The van der Waals surface area contributed by atoms with Gasteiger partial charge in [-0.2, -0.15) is 0 Å². The molecule has 1 heterocycles. The smallest absolute Gasteiger partial charge is 0.303 e. The van der Waals surface area contributed by atoms with Crippen LogP contribution in [0.2, 0.25) is 0 Å². The third-order valence-electron chi connectivity index (χ3n) is 2.64. The van der Waals surface area contributed by atoms with Crippen molar-refractivity contribution in [2.75, 3.05) is 17.2 Å². The molecule has 0 unspecified atom stereocenters. The van der Waals surface area contributed by atoms with Gasteiger partial charge in [0.15, 0.2) is 0 Å². The van der Waals surface area contributed by atoms with Gasteiger partial charge in [0.1, 0.15) is 0 Å². The Morgan fingerprint density at radius 1 is 1.39 bits per heavy atom. The van der Waals surface area contributed by atoms with E-state index in [1.807, 2.05) is 18.2 Å². The molecule has 0 fully saturated rings. The molecule has 0 atom stereocenters. The number of carboxylic acid groups (broad SMARTS) is 1. The average Bonchev–Trinajstić information content (AvgIpc) is 2.34. The summed E-state index contributed by atoms with van der Waals surface area (Å²) in [7, 11) is 0. The van der Waals surface area contributed by atoms with Crippen molar-refractivity contribution in [2.24, 2.45) is 0 Å². The average molecular weight is 330 g/mol. The van der Waals surface area contributed by atoms with E-state index in [9.17, 15) is 9.59 Å². The predicted molar refractivity (Wildman–Crippen MR) is 74.1 cm³/mol. The highest BCUT2D eigenvalue weighted by Crippen LogP contribution is 2.36. The van der Waals surface area contributed by atoms with E-state index < -0.39 is 5.97 Å². The molecule has 1 N–H and O–H groups in total. The second-order valence-electron chi connectivity index (χ2n) is 3.90. The van der Waals surface area contributed by atoms with Crippen molar-refractivity contribution in [1.29, 1.82) is 0 Å². The highest BCUT2D eigenvalue weighted by Gasteiger charge is 2.23. The molecule has 1 aliphatic heterocycles. The summed E-state index contributed by atoms with van der Waals surface area (Å²) in [4.78, 5) is 25.2. The molecular weight excluding hydrogens is 318 g/mol. The monoisotopic (exact) mass is 329 g/mol. The van der Waals surface area contributed by atoms with Crippen LogP contribution >= 0.6 is 27.7 Å². The minimum Gasteiger partial charge on any atom is -0.481 e. The number of hydrogen-bond donors (Lipinski definition) is 1. The number of carbonyl (C=O) groups excluding carboxylic acids is 1. The number of thioether (sulfide) groups is 1. The Morgan fingerprint density at radius 3 is 2.89 bits per heavy atom. The molecule has 1 amide bonds. The van der Waals surface area contributed by atoms with Crippen LogP contribution in [0, 0.1) is 0 Å². The van der Waals surface area contributed by atoms with Crippen molar-refractivity contribution in [2.45, 2.75) is 17.7 Å². The summed E-state index contributed by atoms with van der Waals surface area (Å²) in [5.41, 5.74) is 0.879. The molecule has 1 aromatic rings. The first-order valence-electron chi connectivity index (χ1n) is 5.52. The van der Waals surface area contributed by atoms with Gasteiger partial charge in [-0.25, -0.2) is 0 Å². The Bertz CT molecular complexity index is 492. The standard InChI is InChI=1S/C12H12BrNO3S/c13-8-1-2-9-10(7-8)18-6-5-14(9)11(15)3-4-12(16)17/h1-2,7H,3-6H2,(H,16,17). The fraction of sp³-hybridized carbons (Fsp3) is 0.333. The Hall–Kier alpha value is -1.01. The molecule has 0 saturated carbocycles. The second kappa shape index (κ2) is 5.75. The largest absolute Gasteiger partial charge is 0.481 e. The maximum Gasteiger partial charge on any atom is 0.303 e. The predicted octanol–water partition coefficient (Wildman–Crippen LogP) is 2.75. The Kier molecular flexibility index (Phi) is 4.29. The molecule has 1 aliphatic rings. The lowest BCUT2D eigenvalue weighted by atomic mass is 10.2. The lowest BCUT2D eigenvalue weighted by Gasteiger charge is -2.29. The number of hydrogen-bond acceptors (Lipinski definition) is 3. The molecule has 18 heavy (non-hydrogen) atoms. The van der Waals surface area contributed by atoms with Gasteiger partial charge in [-0.3, -0.25) is 9.59 Å². The molecular formula is C12H12BrNO3S. The fourth-order valence-corrected chi connectivity index (χ4v) is 3.34. The maximum atomic E-state index is 12.0. The molecule has 0 spiro atoms. The van der Waals surface area contributed by atoms with Crippen molar-refractivity contribution >= 4 is 45.3 Å². The fourth-order valence-electron chi connectivity index (χ4n) is 1.80. The normalized spacial score (nSPS) is 14.2. The number of aliphatic carboxylic acids is 1. The second-order valence-corrected chi connectivity index (χ2v) is 5.95. The van der Waals surface area contributed by atoms with E-state index in [4.69, 9.17) is 5.11 Å². The Balaban J connectivity index is 2.17. The van der Waals surface area contributed by atoms with Crippen LogP contribution in [0.4, 0.5) is 5.69 Å². The number of anilines is 1. The summed E-state index contributed by atoms with van der Waals surface area (Å²) in [6.45, 7) is 0.637. The van der Waals surface area contributed by atoms with E-state index in [0.717, 1.165) is 20.8 Å². The van der Waals surface area contributed by atoms with Crippen LogP contribution in [0.25, 0.3) is 0 Å². The zero-order valence-corrected chi connectivity index (χ0v) is 12.0. The van der Waals surface area contributed by atoms with Gasteiger partial charge in [-0.1, -0.05) is 15.9 Å². The zero-order chi connectivity index (χ0) is 13.1. The molecule has 2 rings (SSSR count). The first kappa shape index (κ1) is 13.4. The van der Waals surface area contributed by atoms with Crippen molar-refractivity contribution in [3.8, 4) is 0 Å². The van der Waals surface area contributed by atoms with E-state index in [1.165, 1.54) is 0 Å². The molecule has 96 valence electrons. The van der Waals surface area contributed by atoms with Crippen LogP contribution in [0.1, 0.15) is 12.8 Å². The lowest BCUT2D eigenvalue weighted by Crippen LogP contribution is -2.35. The quantitative estimate of drug-likeness (QED) is 0.926. The van der Waals surface area contributed by atoms with Crippen LogP contribution in [-0.4, -0.2) is 29.3 Å². The van der Waals surface area contributed by atoms with Crippen molar-refractivity contribution < 1.29 is 14.7 Å². The zero-order valence-electron chi connectivity index (χ0n) is 9.56. The van der Waals surface area contributed by atoms with E-state index in [-0.39, 0.29) is 18.7 Å². The lowest BCUT2D eigenvalue weighted by molar-refractivity contribution is -0.138. The van der Waals surface area contributed by atoms with Crippen LogP contribution in [0.5, 0.6) is 0 Å². The van der Waals surface area contributed by atoms with Crippen molar-refractivity contribution in [3.05, 3.63) is 22.7 Å². The number of rotatable bonds is 3. The highest BCUT2D eigenvalue weighted by atomic mass is 79.9. The molecule has 0 aliphatic carbocycles. The van der Waals surface area contributed by atoms with Gasteiger partial charge < -0.3 is 10.0 Å². The summed E-state index contributed by atoms with van der Waals surface area (Å²) < 4.78 is 0.980. The maximum absolute atomic E-state index is 12.0. The molecule has 1 aromatic carbocycles. The molecule has 6 heteroatoms. The summed E-state index contributed by atoms with van der Waals surface area (Å²) in [6, 6.07) is 5.77. The number of halogens is 1. The van der Waals surface area contributed by atoms with Crippen LogP contribution in [-0.2, 0) is 9.59 Å². The Labute approximate surface area is 117 Å². The molecule has 0 saturated heterocycles. The van der Waals surface area contributed by atoms with E-state index in [1.54, 1.807) is 16.7 Å². The third kappa shape index (κ3) is 3.05. The number of nitrogens with zero attached hydrogens (tertiary/aromatic N) is 1. The summed E-state index contributed by atoms with van der Waals surface area (Å²) >= 11 is 5.11.